The molecule has 124 valence electrons. The first-order chi connectivity index (χ1) is 11.0. The number of amides is 2. The van der Waals surface area contributed by atoms with Gasteiger partial charge in [-0.05, 0) is 24.3 Å². The lowest BCUT2D eigenvalue weighted by Gasteiger charge is -2.34. The maximum absolute atomic E-state index is 12.6. The number of aliphatic carboxylic acids is 1. The molecule has 1 aliphatic rings. The number of nitrogens with zero attached hydrogens (tertiary/aromatic N) is 1. The molecule has 0 aliphatic carbocycles. The van der Waals surface area contributed by atoms with Gasteiger partial charge in [0.05, 0.1) is 12.5 Å². The maximum Gasteiger partial charge on any atom is 0.305 e. The number of nitrogens with two attached hydrogens (primary N) is 1. The van der Waals surface area contributed by atoms with Gasteiger partial charge in [-0.3, -0.25) is 14.4 Å². The molecular weight excluding hydrogens is 320 g/mol. The van der Waals surface area contributed by atoms with Crippen molar-refractivity contribution in [1.29, 1.82) is 0 Å². The average molecular weight is 338 g/mol. The number of hydrogen-bond donors (Lipinski definition) is 2. The van der Waals surface area contributed by atoms with Crippen LogP contribution in [0.5, 0.6) is 5.75 Å². The van der Waals surface area contributed by atoms with Crippen LogP contribution in [-0.4, -0.2) is 58.5 Å². The number of rotatable bonds is 6. The molecule has 3 N–H and O–H groups in total. The highest BCUT2D eigenvalue weighted by molar-refractivity contribution is 7.99. The molecule has 7 nitrogen and oxygen atoms in total. The van der Waals surface area contributed by atoms with Gasteiger partial charge in [0.2, 0.25) is 0 Å². The largest absolute Gasteiger partial charge is 0.484 e. The molecule has 1 aliphatic heterocycles. The normalized spacial score (nSPS) is 17.6. The van der Waals surface area contributed by atoms with Crippen molar-refractivity contribution in [3.05, 3.63) is 29.8 Å². The number of thioether (sulfide) groups is 1. The zero-order valence-electron chi connectivity index (χ0n) is 12.4. The Labute approximate surface area is 137 Å². The number of primary amides is 1. The average Bonchev–Trinajstić information content (AvgIpc) is 2.53. The van der Waals surface area contributed by atoms with Crippen molar-refractivity contribution in [3.8, 4) is 5.75 Å². The Bertz CT molecular complexity index is 590. The number of carbonyl (C=O) groups excluding carboxylic acids is 2. The van der Waals surface area contributed by atoms with Gasteiger partial charge >= 0.3 is 5.97 Å². The van der Waals surface area contributed by atoms with Gasteiger partial charge in [0.1, 0.15) is 5.75 Å². The predicted octanol–water partition coefficient (Wildman–Crippen LogP) is 0.583. The standard InChI is InChI=1S/C15H18N2O5S/c16-13(18)8-22-12-3-1-10(2-4-12)15(21)17-5-6-23-9-11(17)7-14(19)20/h1-4,11H,5-9H2,(H2,16,18)(H,19,20). The van der Waals surface area contributed by atoms with E-state index in [0.717, 1.165) is 5.75 Å². The van der Waals surface area contributed by atoms with Crippen LogP contribution in [-0.2, 0) is 9.59 Å². The third-order valence-corrected chi connectivity index (χ3v) is 4.47. The fourth-order valence-electron chi connectivity index (χ4n) is 2.31. The van der Waals surface area contributed by atoms with E-state index in [-0.39, 0.29) is 25.0 Å². The van der Waals surface area contributed by atoms with E-state index in [2.05, 4.69) is 0 Å². The zero-order valence-corrected chi connectivity index (χ0v) is 13.3. The number of benzene rings is 1. The Morgan fingerprint density at radius 3 is 2.61 bits per heavy atom. The summed E-state index contributed by atoms with van der Waals surface area (Å²) in [6.45, 7) is 0.304. The Balaban J connectivity index is 2.05. The summed E-state index contributed by atoms with van der Waals surface area (Å²) in [4.78, 5) is 35.8. The first-order valence-corrected chi connectivity index (χ1v) is 8.24. The molecule has 2 amide bonds. The van der Waals surface area contributed by atoms with Crippen LogP contribution in [0.1, 0.15) is 16.8 Å². The lowest BCUT2D eigenvalue weighted by atomic mass is 10.1. The number of carbonyl (C=O) groups is 3. The van der Waals surface area contributed by atoms with E-state index in [0.29, 0.717) is 23.6 Å². The van der Waals surface area contributed by atoms with Crippen LogP contribution < -0.4 is 10.5 Å². The van der Waals surface area contributed by atoms with Crippen molar-refractivity contribution in [2.45, 2.75) is 12.5 Å². The topological polar surface area (TPSA) is 110 Å². The van der Waals surface area contributed by atoms with Crippen molar-refractivity contribution in [2.24, 2.45) is 5.73 Å². The highest BCUT2D eigenvalue weighted by atomic mass is 32.2. The summed E-state index contributed by atoms with van der Waals surface area (Å²) >= 11 is 1.65. The lowest BCUT2D eigenvalue weighted by molar-refractivity contribution is -0.138. The van der Waals surface area contributed by atoms with Crippen LogP contribution >= 0.6 is 11.8 Å². The molecule has 2 rings (SSSR count). The van der Waals surface area contributed by atoms with Crippen LogP contribution in [0.3, 0.4) is 0 Å². The van der Waals surface area contributed by atoms with Crippen molar-refractivity contribution in [2.75, 3.05) is 24.7 Å². The molecule has 0 saturated carbocycles. The van der Waals surface area contributed by atoms with Crippen LogP contribution in [0, 0.1) is 0 Å². The van der Waals surface area contributed by atoms with Crippen LogP contribution in [0.4, 0.5) is 0 Å². The Kier molecular flexibility index (Phi) is 5.86. The molecule has 1 aromatic rings. The Hall–Kier alpha value is -2.22. The summed E-state index contributed by atoms with van der Waals surface area (Å²) < 4.78 is 5.14. The van der Waals surface area contributed by atoms with Crippen molar-refractivity contribution < 1.29 is 24.2 Å². The molecule has 1 aromatic carbocycles. The molecule has 0 spiro atoms. The second-order valence-electron chi connectivity index (χ2n) is 5.10. The highest BCUT2D eigenvalue weighted by Gasteiger charge is 2.29. The fourth-order valence-corrected chi connectivity index (χ4v) is 3.37. The molecule has 1 unspecified atom stereocenters. The molecule has 0 radical (unpaired) electrons. The van der Waals surface area contributed by atoms with Crippen LogP contribution in [0.2, 0.25) is 0 Å². The smallest absolute Gasteiger partial charge is 0.305 e. The van der Waals surface area contributed by atoms with E-state index in [9.17, 15) is 14.4 Å². The molecule has 1 fully saturated rings. The quantitative estimate of drug-likeness (QED) is 0.785. The van der Waals surface area contributed by atoms with Gasteiger partial charge in [-0.2, -0.15) is 11.8 Å². The van der Waals surface area contributed by atoms with E-state index in [4.69, 9.17) is 15.6 Å². The molecule has 1 heterocycles. The molecule has 1 atom stereocenters. The number of hydrogen-bond acceptors (Lipinski definition) is 5. The van der Waals surface area contributed by atoms with Gasteiger partial charge in [0, 0.05) is 23.6 Å². The molecule has 23 heavy (non-hydrogen) atoms. The van der Waals surface area contributed by atoms with Gasteiger partial charge in [-0.25, -0.2) is 0 Å². The van der Waals surface area contributed by atoms with Gasteiger partial charge in [-0.1, -0.05) is 0 Å². The van der Waals surface area contributed by atoms with E-state index >= 15 is 0 Å². The van der Waals surface area contributed by atoms with E-state index < -0.39 is 11.9 Å². The number of carboxylic acid groups (broad SMARTS) is 1. The summed E-state index contributed by atoms with van der Waals surface area (Å²) in [6.07, 6.45) is -0.0570. The first kappa shape index (κ1) is 17.1. The van der Waals surface area contributed by atoms with Crippen molar-refractivity contribution >= 4 is 29.5 Å². The van der Waals surface area contributed by atoms with Gasteiger partial charge in [-0.15, -0.1) is 0 Å². The minimum absolute atomic E-state index is 0.0570. The summed E-state index contributed by atoms with van der Waals surface area (Å²) in [5, 5.41) is 8.97. The van der Waals surface area contributed by atoms with Gasteiger partial charge in [0.15, 0.2) is 6.61 Å². The molecular formula is C15H18N2O5S. The maximum atomic E-state index is 12.6. The molecule has 8 heteroatoms. The third kappa shape index (κ3) is 4.88. The zero-order chi connectivity index (χ0) is 16.8. The summed E-state index contributed by atoms with van der Waals surface area (Å²) in [5.74, 6) is 0.173. The predicted molar refractivity (Wildman–Crippen MR) is 85.5 cm³/mol. The minimum atomic E-state index is -0.912. The minimum Gasteiger partial charge on any atom is -0.484 e. The highest BCUT2D eigenvalue weighted by Crippen LogP contribution is 2.22. The number of carboxylic acids is 1. The summed E-state index contributed by atoms with van der Waals surface area (Å²) in [5.41, 5.74) is 5.45. The van der Waals surface area contributed by atoms with E-state index in [1.165, 1.54) is 0 Å². The summed E-state index contributed by atoms with van der Waals surface area (Å²) in [6, 6.07) is 6.06. The van der Waals surface area contributed by atoms with Crippen molar-refractivity contribution in [1.82, 2.24) is 4.90 Å². The monoisotopic (exact) mass is 338 g/mol. The fraction of sp³-hybridized carbons (Fsp3) is 0.400. The molecule has 0 bridgehead atoms. The van der Waals surface area contributed by atoms with Crippen LogP contribution in [0.15, 0.2) is 24.3 Å². The lowest BCUT2D eigenvalue weighted by Crippen LogP contribution is -2.47. The SMILES string of the molecule is NC(=O)COc1ccc(C(=O)N2CCSCC2CC(=O)O)cc1. The summed E-state index contributed by atoms with van der Waals surface area (Å²) in [7, 11) is 0. The van der Waals surface area contributed by atoms with E-state index in [1.807, 2.05) is 0 Å². The van der Waals surface area contributed by atoms with Crippen LogP contribution in [0.25, 0.3) is 0 Å². The second kappa shape index (κ2) is 7.87. The molecule has 1 saturated heterocycles. The Morgan fingerprint density at radius 2 is 2.00 bits per heavy atom. The number of ether oxygens (including phenoxy) is 1. The third-order valence-electron chi connectivity index (χ3n) is 3.38. The van der Waals surface area contributed by atoms with Crippen molar-refractivity contribution in [3.63, 3.8) is 0 Å². The van der Waals surface area contributed by atoms with Gasteiger partial charge < -0.3 is 20.5 Å². The van der Waals surface area contributed by atoms with Gasteiger partial charge in [0.25, 0.3) is 11.8 Å². The Morgan fingerprint density at radius 1 is 1.30 bits per heavy atom. The first-order valence-electron chi connectivity index (χ1n) is 7.09. The second-order valence-corrected chi connectivity index (χ2v) is 6.25. The van der Waals surface area contributed by atoms with E-state index in [1.54, 1.807) is 40.9 Å². The molecule has 0 aromatic heterocycles.